The molecule has 0 unspecified atom stereocenters. The van der Waals surface area contributed by atoms with Gasteiger partial charge in [-0.3, -0.25) is 0 Å². The Kier molecular flexibility index (Phi) is 8.71. The van der Waals surface area contributed by atoms with Crippen LogP contribution in [0.3, 0.4) is 0 Å². The first-order valence-electron chi connectivity index (χ1n) is 4.50. The molecule has 0 bridgehead atoms. The van der Waals surface area contributed by atoms with Gasteiger partial charge in [0, 0.05) is 6.42 Å². The predicted octanol–water partition coefficient (Wildman–Crippen LogP) is 3.54. The van der Waals surface area contributed by atoms with Crippen LogP contribution in [0.15, 0.2) is 12.2 Å². The quantitative estimate of drug-likeness (QED) is 0.308. The van der Waals surface area contributed by atoms with Gasteiger partial charge in [0.05, 0.1) is 0 Å². The van der Waals surface area contributed by atoms with Gasteiger partial charge in [0.15, 0.2) is 0 Å². The number of hydrogen-bond acceptors (Lipinski definition) is 0. The fraction of sp³-hybridized carbons (Fsp3) is 0.636. The van der Waals surface area contributed by atoms with Crippen LogP contribution < -0.4 is 0 Å². The summed E-state index contributed by atoms with van der Waals surface area (Å²) in [4.78, 5) is 0. The van der Waals surface area contributed by atoms with Crippen LogP contribution in [-0.2, 0) is 0 Å². The largest absolute Gasteiger partial charge is 0.120 e. The van der Waals surface area contributed by atoms with E-state index in [1.807, 2.05) is 0 Å². The fourth-order valence-corrected chi connectivity index (χ4v) is 0.958. The summed E-state index contributed by atoms with van der Waals surface area (Å²) in [5.41, 5.74) is 0. The van der Waals surface area contributed by atoms with E-state index in [9.17, 15) is 0 Å². The molecule has 0 rings (SSSR count). The van der Waals surface area contributed by atoms with E-state index < -0.39 is 0 Å². The maximum absolute atomic E-state index is 5.09. The second kappa shape index (κ2) is 9.30. The van der Waals surface area contributed by atoms with Crippen LogP contribution in [0, 0.1) is 12.3 Å². The van der Waals surface area contributed by atoms with Crippen molar-refractivity contribution in [2.45, 2.75) is 45.4 Å². The lowest BCUT2D eigenvalue weighted by Crippen LogP contribution is -1.73. The maximum atomic E-state index is 5.09. The van der Waals surface area contributed by atoms with E-state index in [4.69, 9.17) is 6.42 Å². The van der Waals surface area contributed by atoms with Crippen molar-refractivity contribution in [1.29, 1.82) is 0 Å². The Labute approximate surface area is 70.7 Å². The Balaban J connectivity index is 2.96. The van der Waals surface area contributed by atoms with E-state index >= 15 is 0 Å². The van der Waals surface area contributed by atoms with Gasteiger partial charge in [0.2, 0.25) is 0 Å². The first kappa shape index (κ1) is 10.3. The average Bonchev–Trinajstić information content (AvgIpc) is 2.03. The predicted molar refractivity (Wildman–Crippen MR) is 51.3 cm³/mol. The molecule has 0 fully saturated rings. The van der Waals surface area contributed by atoms with E-state index in [0.717, 1.165) is 6.42 Å². The lowest BCUT2D eigenvalue weighted by atomic mass is 10.1. The van der Waals surface area contributed by atoms with Gasteiger partial charge in [-0.1, -0.05) is 38.3 Å². The molecule has 0 aliphatic heterocycles. The molecule has 0 aromatic rings. The first-order valence-corrected chi connectivity index (χ1v) is 4.50. The maximum Gasteiger partial charge on any atom is 0.0267 e. The summed E-state index contributed by atoms with van der Waals surface area (Å²) in [5.74, 6) is 2.58. The van der Waals surface area contributed by atoms with E-state index in [1.165, 1.54) is 32.1 Å². The third-order valence-corrected chi connectivity index (χ3v) is 1.63. The van der Waals surface area contributed by atoms with Crippen LogP contribution in [0.1, 0.15) is 45.4 Å². The number of unbranched alkanes of at least 4 members (excludes halogenated alkanes) is 4. The van der Waals surface area contributed by atoms with Crippen molar-refractivity contribution < 1.29 is 0 Å². The number of terminal acetylenes is 1. The van der Waals surface area contributed by atoms with E-state index in [-0.39, 0.29) is 0 Å². The second-order valence-electron chi connectivity index (χ2n) is 2.73. The zero-order chi connectivity index (χ0) is 8.36. The van der Waals surface area contributed by atoms with Gasteiger partial charge < -0.3 is 0 Å². The van der Waals surface area contributed by atoms with E-state index in [1.54, 1.807) is 0 Å². The fourth-order valence-electron chi connectivity index (χ4n) is 0.958. The minimum Gasteiger partial charge on any atom is -0.120 e. The highest BCUT2D eigenvalue weighted by atomic mass is 13.9. The van der Waals surface area contributed by atoms with Crippen LogP contribution in [0.2, 0.25) is 0 Å². The molecule has 0 N–H and O–H groups in total. The number of allylic oxidation sites excluding steroid dienone is 2. The van der Waals surface area contributed by atoms with Crippen molar-refractivity contribution in [1.82, 2.24) is 0 Å². The standard InChI is InChI=1S/C11H18/c1-3-5-7-9-11-10-8-6-4-2/h1,7,9H,4-6,8,10-11H2,2H3. The first-order chi connectivity index (χ1) is 5.41. The molecule has 0 radical (unpaired) electrons. The minimum absolute atomic E-state index is 0.785. The summed E-state index contributed by atoms with van der Waals surface area (Å²) in [7, 11) is 0. The summed E-state index contributed by atoms with van der Waals surface area (Å²) in [6.07, 6.45) is 16.7. The summed E-state index contributed by atoms with van der Waals surface area (Å²) in [5, 5.41) is 0. The SMILES string of the molecule is C#CCC=CCCCCCC. The van der Waals surface area contributed by atoms with Crippen molar-refractivity contribution in [3.8, 4) is 12.3 Å². The van der Waals surface area contributed by atoms with Crippen molar-refractivity contribution >= 4 is 0 Å². The molecule has 0 aliphatic carbocycles. The monoisotopic (exact) mass is 150 g/mol. The van der Waals surface area contributed by atoms with Crippen LogP contribution in [0.4, 0.5) is 0 Å². The molecular formula is C11H18. The number of hydrogen-bond donors (Lipinski definition) is 0. The van der Waals surface area contributed by atoms with Gasteiger partial charge in [-0.25, -0.2) is 0 Å². The minimum atomic E-state index is 0.785. The van der Waals surface area contributed by atoms with Gasteiger partial charge in [-0.2, -0.15) is 0 Å². The Bertz CT molecular complexity index is 125. The van der Waals surface area contributed by atoms with E-state index in [2.05, 4.69) is 25.0 Å². The van der Waals surface area contributed by atoms with Crippen LogP contribution in [0.25, 0.3) is 0 Å². The third kappa shape index (κ3) is 9.30. The van der Waals surface area contributed by atoms with Crippen molar-refractivity contribution in [2.24, 2.45) is 0 Å². The van der Waals surface area contributed by atoms with Gasteiger partial charge in [0.25, 0.3) is 0 Å². The summed E-state index contributed by atoms with van der Waals surface area (Å²) >= 11 is 0. The topological polar surface area (TPSA) is 0 Å². The lowest BCUT2D eigenvalue weighted by Gasteiger charge is -1.92. The van der Waals surface area contributed by atoms with Gasteiger partial charge >= 0.3 is 0 Å². The Morgan fingerprint density at radius 1 is 1.18 bits per heavy atom. The zero-order valence-corrected chi connectivity index (χ0v) is 7.47. The molecule has 0 saturated heterocycles. The molecule has 62 valence electrons. The third-order valence-electron chi connectivity index (χ3n) is 1.63. The van der Waals surface area contributed by atoms with Crippen molar-refractivity contribution in [3.05, 3.63) is 12.2 Å². The van der Waals surface area contributed by atoms with Gasteiger partial charge in [-0.05, 0) is 12.8 Å². The molecule has 0 nitrogen and oxygen atoms in total. The smallest absolute Gasteiger partial charge is 0.0267 e. The van der Waals surface area contributed by atoms with Gasteiger partial charge in [-0.15, -0.1) is 12.3 Å². The second-order valence-corrected chi connectivity index (χ2v) is 2.73. The average molecular weight is 150 g/mol. The summed E-state index contributed by atoms with van der Waals surface area (Å²) < 4.78 is 0. The molecule has 0 aliphatic rings. The normalized spacial score (nSPS) is 10.2. The summed E-state index contributed by atoms with van der Waals surface area (Å²) in [6.45, 7) is 2.23. The molecule has 0 aromatic carbocycles. The zero-order valence-electron chi connectivity index (χ0n) is 7.47. The van der Waals surface area contributed by atoms with Gasteiger partial charge in [0.1, 0.15) is 0 Å². The highest BCUT2D eigenvalue weighted by Crippen LogP contribution is 2.02. The highest BCUT2D eigenvalue weighted by molar-refractivity contribution is 4.96. The van der Waals surface area contributed by atoms with Crippen molar-refractivity contribution in [3.63, 3.8) is 0 Å². The van der Waals surface area contributed by atoms with Crippen molar-refractivity contribution in [2.75, 3.05) is 0 Å². The molecule has 0 amide bonds. The Morgan fingerprint density at radius 3 is 2.64 bits per heavy atom. The molecule has 0 heterocycles. The molecule has 0 aromatic heterocycles. The molecule has 11 heavy (non-hydrogen) atoms. The molecule has 0 heteroatoms. The lowest BCUT2D eigenvalue weighted by molar-refractivity contribution is 0.674. The molecule has 0 atom stereocenters. The van der Waals surface area contributed by atoms with E-state index in [0.29, 0.717) is 0 Å². The van der Waals surface area contributed by atoms with Crippen LogP contribution in [-0.4, -0.2) is 0 Å². The number of rotatable bonds is 6. The highest BCUT2D eigenvalue weighted by Gasteiger charge is 1.83. The Morgan fingerprint density at radius 2 is 2.00 bits per heavy atom. The molecular weight excluding hydrogens is 132 g/mol. The summed E-state index contributed by atoms with van der Waals surface area (Å²) in [6, 6.07) is 0. The molecule has 0 saturated carbocycles. The van der Waals surface area contributed by atoms with Crippen LogP contribution in [0.5, 0.6) is 0 Å². The molecule has 0 spiro atoms. The Hall–Kier alpha value is -0.700. The van der Waals surface area contributed by atoms with Crippen LogP contribution >= 0.6 is 0 Å².